The van der Waals surface area contributed by atoms with Crippen LogP contribution in [0.5, 0.6) is 5.75 Å². The van der Waals surface area contributed by atoms with Crippen molar-refractivity contribution in [2.75, 3.05) is 37.6 Å². The summed E-state index contributed by atoms with van der Waals surface area (Å²) in [5, 5.41) is 21.4. The molecule has 5 aromatic rings. The second-order valence-electron chi connectivity index (χ2n) is 12.1. The standard InChI is InChI=1S/C36H38F2N8O3/c1-2-15-43-16-18-44(19-17-43)31-9-6-28(7-10-31)35(47)14-5-27-3-11-32(12-4-27)49-22-30-21-45(42-41-30)23-36(48,24-46-26-39-25-40-46)33-13-8-29(37)20-34(33)38/h3-14,20-21,25-26,48H,2,15-19,22-24H2,1H3/p+1/b14-5+. The molecule has 0 saturated carbocycles. The van der Waals surface area contributed by atoms with Crippen LogP contribution in [-0.4, -0.2) is 78.3 Å². The zero-order valence-electron chi connectivity index (χ0n) is 27.3. The van der Waals surface area contributed by atoms with E-state index < -0.39 is 17.2 Å². The molecule has 1 fully saturated rings. The van der Waals surface area contributed by atoms with Crippen LogP contribution in [0.25, 0.3) is 6.08 Å². The van der Waals surface area contributed by atoms with Crippen LogP contribution in [0, 0.1) is 11.6 Å². The van der Waals surface area contributed by atoms with Gasteiger partial charge in [-0.1, -0.05) is 30.3 Å². The molecule has 1 atom stereocenters. The smallest absolute Gasteiger partial charge is 0.232 e. The van der Waals surface area contributed by atoms with Gasteiger partial charge in [-0.3, -0.25) is 9.69 Å². The first-order chi connectivity index (χ1) is 23.8. The number of carbonyl (C=O) groups excluding carboxylic acids is 1. The fourth-order valence-corrected chi connectivity index (χ4v) is 5.93. The van der Waals surface area contributed by atoms with E-state index in [9.17, 15) is 13.6 Å². The Labute approximate surface area is 283 Å². The van der Waals surface area contributed by atoms with Gasteiger partial charge in [0.2, 0.25) is 5.60 Å². The number of aromatic nitrogens is 6. The van der Waals surface area contributed by atoms with Crippen molar-refractivity contribution in [1.82, 2.24) is 34.7 Å². The lowest BCUT2D eigenvalue weighted by molar-refractivity contribution is -0.00892. The number of halogens is 2. The topological polar surface area (TPSA) is 117 Å². The van der Waals surface area contributed by atoms with Gasteiger partial charge in [-0.2, -0.15) is 5.10 Å². The van der Waals surface area contributed by atoms with Gasteiger partial charge in [-0.05, 0) is 73.1 Å². The van der Waals surface area contributed by atoms with E-state index in [1.807, 2.05) is 36.4 Å². The van der Waals surface area contributed by atoms with Crippen molar-refractivity contribution in [2.24, 2.45) is 0 Å². The maximum atomic E-state index is 14.8. The molecule has 2 N–H and O–H groups in total. The molecule has 0 aliphatic carbocycles. The van der Waals surface area contributed by atoms with Crippen LogP contribution in [0.1, 0.15) is 40.5 Å². The van der Waals surface area contributed by atoms with Crippen molar-refractivity contribution in [2.45, 2.75) is 38.6 Å². The van der Waals surface area contributed by atoms with Gasteiger partial charge in [0.1, 0.15) is 55.4 Å². The molecule has 0 radical (unpaired) electrons. The zero-order chi connectivity index (χ0) is 34.2. The number of nitrogens with zero attached hydrogens (tertiary/aromatic N) is 8. The first-order valence-electron chi connectivity index (χ1n) is 16.2. The largest absolute Gasteiger partial charge is 0.487 e. The van der Waals surface area contributed by atoms with Crippen LogP contribution in [0.4, 0.5) is 14.5 Å². The Morgan fingerprint density at radius 2 is 1.73 bits per heavy atom. The number of anilines is 1. The molecule has 49 heavy (non-hydrogen) atoms. The first-order valence-corrected chi connectivity index (χ1v) is 16.2. The molecule has 1 saturated heterocycles. The summed E-state index contributed by atoms with van der Waals surface area (Å²) in [5.74, 6) is -1.03. The Bertz CT molecular complexity index is 1850. The van der Waals surface area contributed by atoms with Gasteiger partial charge < -0.3 is 14.7 Å². The lowest BCUT2D eigenvalue weighted by Crippen LogP contribution is -2.46. The second kappa shape index (κ2) is 15.3. The third kappa shape index (κ3) is 8.61. The Hall–Kier alpha value is -5.27. The van der Waals surface area contributed by atoms with Gasteiger partial charge in [0, 0.05) is 43.5 Å². The average molecular weight is 670 g/mol. The summed E-state index contributed by atoms with van der Waals surface area (Å²) in [4.78, 5) is 21.6. The van der Waals surface area contributed by atoms with Crippen molar-refractivity contribution in [3.8, 4) is 5.75 Å². The summed E-state index contributed by atoms with van der Waals surface area (Å²) >= 11 is 0. The van der Waals surface area contributed by atoms with E-state index in [1.54, 1.807) is 30.5 Å². The molecular formula is C36H39F2N8O3+. The Morgan fingerprint density at radius 3 is 2.43 bits per heavy atom. The van der Waals surface area contributed by atoms with Crippen molar-refractivity contribution in [3.63, 3.8) is 0 Å². The molecule has 6 rings (SSSR count). The molecule has 3 aromatic carbocycles. The van der Waals surface area contributed by atoms with Gasteiger partial charge in [0.05, 0.1) is 11.8 Å². The molecule has 2 aromatic heterocycles. The monoisotopic (exact) mass is 669 g/mol. The van der Waals surface area contributed by atoms with Crippen molar-refractivity contribution >= 4 is 17.5 Å². The Balaban J connectivity index is 1.02. The zero-order valence-corrected chi connectivity index (χ0v) is 27.3. The summed E-state index contributed by atoms with van der Waals surface area (Å²) in [7, 11) is 0. The molecule has 13 heteroatoms. The van der Waals surface area contributed by atoms with Crippen LogP contribution < -0.4 is 9.64 Å². The van der Waals surface area contributed by atoms with E-state index in [2.05, 4.69) is 37.1 Å². The number of carbonyl (C=O) groups is 1. The third-order valence-electron chi connectivity index (χ3n) is 8.49. The van der Waals surface area contributed by atoms with E-state index in [0.717, 1.165) is 56.1 Å². The number of allylic oxidation sites excluding steroid dienone is 1. The number of hydrogen-bond acceptors (Lipinski definition) is 8. The van der Waals surface area contributed by atoms with Gasteiger partial charge in [0.15, 0.2) is 5.78 Å². The van der Waals surface area contributed by atoms with Crippen LogP contribution in [0.3, 0.4) is 0 Å². The molecule has 0 bridgehead atoms. The maximum Gasteiger partial charge on any atom is 0.232 e. The number of piperazine rings is 1. The molecule has 254 valence electrons. The minimum atomic E-state index is -1.59. The molecular weight excluding hydrogens is 630 g/mol. The molecule has 1 aliphatic rings. The molecule has 1 unspecified atom stereocenters. The third-order valence-corrected chi connectivity index (χ3v) is 8.49. The van der Waals surface area contributed by atoms with Crippen LogP contribution >= 0.6 is 0 Å². The number of rotatable bonds is 14. The number of hydrogen-bond donors (Lipinski definition) is 0. The molecule has 0 amide bonds. The van der Waals surface area contributed by atoms with E-state index in [0.29, 0.717) is 17.0 Å². The predicted molar refractivity (Wildman–Crippen MR) is 181 cm³/mol. The SMILES string of the molecule is CCCN1CCN(c2ccc(C(=O)/C=C/c3ccc(OCc4cn(CC([OH2+])(Cn5cncn5)c5ccc(F)cc5F)nn4)cc3)cc2)CC1. The normalized spacial score (nSPS) is 15.1. The van der Waals surface area contributed by atoms with Crippen molar-refractivity contribution < 1.29 is 23.4 Å². The highest BCUT2D eigenvalue weighted by Gasteiger charge is 2.40. The highest BCUT2D eigenvalue weighted by molar-refractivity contribution is 6.07. The molecule has 1 aliphatic heterocycles. The average Bonchev–Trinajstić information content (AvgIpc) is 3.79. The maximum absolute atomic E-state index is 14.8. The fourth-order valence-electron chi connectivity index (χ4n) is 5.93. The second-order valence-corrected chi connectivity index (χ2v) is 12.1. The molecule has 3 heterocycles. The number of benzene rings is 3. The quantitative estimate of drug-likeness (QED) is 0.0966. The predicted octanol–water partition coefficient (Wildman–Crippen LogP) is 4.48. The Morgan fingerprint density at radius 1 is 0.980 bits per heavy atom. The summed E-state index contributed by atoms with van der Waals surface area (Å²) in [6.45, 7) is 7.44. The summed E-state index contributed by atoms with van der Waals surface area (Å²) in [6, 6.07) is 18.3. The van der Waals surface area contributed by atoms with Gasteiger partial charge in [-0.25, -0.2) is 23.1 Å². The highest BCUT2D eigenvalue weighted by atomic mass is 19.1. The summed E-state index contributed by atoms with van der Waals surface area (Å²) < 4.78 is 37.1. The molecule has 0 spiro atoms. The lowest BCUT2D eigenvalue weighted by atomic mass is 9.93. The lowest BCUT2D eigenvalue weighted by Gasteiger charge is -2.36. The van der Waals surface area contributed by atoms with Crippen LogP contribution in [0.2, 0.25) is 0 Å². The van der Waals surface area contributed by atoms with Crippen molar-refractivity contribution in [1.29, 1.82) is 0 Å². The van der Waals surface area contributed by atoms with Crippen LogP contribution in [0.15, 0.2) is 91.7 Å². The van der Waals surface area contributed by atoms with Crippen molar-refractivity contribution in [3.05, 3.63) is 126 Å². The Kier molecular flexibility index (Phi) is 10.5. The number of ether oxygens (including phenoxy) is 1. The van der Waals surface area contributed by atoms with E-state index in [-0.39, 0.29) is 31.0 Å². The summed E-state index contributed by atoms with van der Waals surface area (Å²) in [5.41, 5.74) is 1.54. The van der Waals surface area contributed by atoms with E-state index >= 15 is 0 Å². The van der Waals surface area contributed by atoms with E-state index in [1.165, 1.54) is 34.5 Å². The minimum Gasteiger partial charge on any atom is -0.487 e. The van der Waals surface area contributed by atoms with E-state index in [4.69, 9.17) is 9.84 Å². The summed E-state index contributed by atoms with van der Waals surface area (Å²) in [6.07, 6.45) is 8.89. The minimum absolute atomic E-state index is 0.00153. The first kappa shape index (κ1) is 33.6. The molecule has 11 nitrogen and oxygen atoms in total. The fraction of sp³-hybridized carbons (Fsp3) is 0.306. The van der Waals surface area contributed by atoms with Gasteiger partial charge >= 0.3 is 0 Å². The van der Waals surface area contributed by atoms with Gasteiger partial charge in [0.25, 0.3) is 0 Å². The van der Waals surface area contributed by atoms with Crippen LogP contribution in [-0.2, 0) is 25.3 Å². The highest BCUT2D eigenvalue weighted by Crippen LogP contribution is 2.28. The number of ketones is 1. The van der Waals surface area contributed by atoms with Gasteiger partial charge in [-0.15, -0.1) is 5.10 Å².